The van der Waals surface area contributed by atoms with Gasteiger partial charge >= 0.3 is 0 Å². The molecule has 3 nitrogen and oxygen atoms in total. The fraction of sp³-hybridized carbons (Fsp3) is 1.00. The SMILES string of the molecule is CCC(N)CS(=O)CCCCCCO. The molecule has 4 heteroatoms. The Labute approximate surface area is 89.5 Å². The van der Waals surface area contributed by atoms with E-state index in [-0.39, 0.29) is 12.6 Å². The lowest BCUT2D eigenvalue weighted by Crippen LogP contribution is -2.26. The Balaban J connectivity index is 3.27. The minimum atomic E-state index is -0.743. The van der Waals surface area contributed by atoms with Crippen LogP contribution < -0.4 is 5.73 Å². The predicted molar refractivity (Wildman–Crippen MR) is 61.7 cm³/mol. The van der Waals surface area contributed by atoms with Gasteiger partial charge in [-0.1, -0.05) is 19.8 Å². The molecule has 14 heavy (non-hydrogen) atoms. The molecule has 0 spiro atoms. The van der Waals surface area contributed by atoms with E-state index in [9.17, 15) is 4.21 Å². The van der Waals surface area contributed by atoms with Gasteiger partial charge in [0.05, 0.1) is 0 Å². The Bertz CT molecular complexity index is 153. The lowest BCUT2D eigenvalue weighted by molar-refractivity contribution is 0.283. The minimum absolute atomic E-state index is 0.0910. The molecule has 0 amide bonds. The van der Waals surface area contributed by atoms with Gasteiger partial charge in [-0.3, -0.25) is 4.21 Å². The fourth-order valence-electron chi connectivity index (χ4n) is 1.17. The normalized spacial score (nSPS) is 15.4. The van der Waals surface area contributed by atoms with Gasteiger partial charge in [-0.15, -0.1) is 0 Å². The van der Waals surface area contributed by atoms with Crippen molar-refractivity contribution in [3.63, 3.8) is 0 Å². The first-order chi connectivity index (χ1) is 6.70. The van der Waals surface area contributed by atoms with E-state index in [1.807, 2.05) is 6.92 Å². The van der Waals surface area contributed by atoms with Gasteiger partial charge in [-0.05, 0) is 19.3 Å². The van der Waals surface area contributed by atoms with Crippen LogP contribution in [0.1, 0.15) is 39.0 Å². The maximum absolute atomic E-state index is 11.4. The minimum Gasteiger partial charge on any atom is -0.396 e. The molecule has 0 aliphatic carbocycles. The summed E-state index contributed by atoms with van der Waals surface area (Å²) in [4.78, 5) is 0. The highest BCUT2D eigenvalue weighted by Gasteiger charge is 2.05. The number of nitrogens with two attached hydrogens (primary N) is 1. The molecule has 0 aliphatic heterocycles. The second-order valence-electron chi connectivity index (χ2n) is 3.62. The zero-order chi connectivity index (χ0) is 10.8. The number of rotatable bonds is 9. The smallest absolute Gasteiger partial charge is 0.0431 e. The third kappa shape index (κ3) is 8.66. The maximum atomic E-state index is 11.4. The van der Waals surface area contributed by atoms with Gasteiger partial charge in [-0.2, -0.15) is 0 Å². The summed E-state index contributed by atoms with van der Waals surface area (Å²) in [6, 6.07) is 0.0910. The molecule has 0 radical (unpaired) electrons. The zero-order valence-corrected chi connectivity index (χ0v) is 9.89. The summed E-state index contributed by atoms with van der Waals surface area (Å²) < 4.78 is 11.4. The van der Waals surface area contributed by atoms with Gasteiger partial charge in [0.25, 0.3) is 0 Å². The molecule has 0 aromatic rings. The topological polar surface area (TPSA) is 63.3 Å². The Kier molecular flexibility index (Phi) is 9.67. The number of hydrogen-bond acceptors (Lipinski definition) is 3. The molecular formula is C10H23NO2S. The second kappa shape index (κ2) is 9.62. The summed E-state index contributed by atoms with van der Waals surface area (Å²) in [5, 5.41) is 8.55. The van der Waals surface area contributed by atoms with E-state index < -0.39 is 10.8 Å². The van der Waals surface area contributed by atoms with Crippen molar-refractivity contribution in [2.24, 2.45) is 5.73 Å². The van der Waals surface area contributed by atoms with Crippen LogP contribution in [0.4, 0.5) is 0 Å². The van der Waals surface area contributed by atoms with Crippen LogP contribution in [0.5, 0.6) is 0 Å². The van der Waals surface area contributed by atoms with Gasteiger partial charge in [0.2, 0.25) is 0 Å². The van der Waals surface area contributed by atoms with Crippen molar-refractivity contribution < 1.29 is 9.32 Å². The summed E-state index contributed by atoms with van der Waals surface area (Å²) in [6.45, 7) is 2.28. The van der Waals surface area contributed by atoms with Gasteiger partial charge in [0.15, 0.2) is 0 Å². The van der Waals surface area contributed by atoms with E-state index in [4.69, 9.17) is 10.8 Å². The summed E-state index contributed by atoms with van der Waals surface area (Å²) in [7, 11) is -0.743. The van der Waals surface area contributed by atoms with E-state index in [0.717, 1.165) is 37.9 Å². The molecule has 0 bridgehead atoms. The van der Waals surface area contributed by atoms with E-state index >= 15 is 0 Å². The van der Waals surface area contributed by atoms with Gasteiger partial charge in [0, 0.05) is 35.0 Å². The Hall–Kier alpha value is 0.0700. The highest BCUT2D eigenvalue weighted by atomic mass is 32.2. The highest BCUT2D eigenvalue weighted by Crippen LogP contribution is 2.01. The molecule has 0 saturated heterocycles. The van der Waals surface area contributed by atoms with Crippen LogP contribution >= 0.6 is 0 Å². The zero-order valence-electron chi connectivity index (χ0n) is 9.08. The quantitative estimate of drug-likeness (QED) is 0.572. The molecule has 3 N–H and O–H groups in total. The van der Waals surface area contributed by atoms with Gasteiger partial charge < -0.3 is 10.8 Å². The summed E-state index contributed by atoms with van der Waals surface area (Å²) in [5.74, 6) is 1.40. The lowest BCUT2D eigenvalue weighted by atomic mass is 10.2. The predicted octanol–water partition coefficient (Wildman–Crippen LogP) is 1.03. The average molecular weight is 221 g/mol. The summed E-state index contributed by atoms with van der Waals surface area (Å²) >= 11 is 0. The average Bonchev–Trinajstić information content (AvgIpc) is 2.17. The second-order valence-corrected chi connectivity index (χ2v) is 5.24. The molecule has 86 valence electrons. The first-order valence-corrected chi connectivity index (χ1v) is 6.91. The molecule has 0 aliphatic rings. The number of unbranched alkanes of at least 4 members (excludes halogenated alkanes) is 3. The first-order valence-electron chi connectivity index (χ1n) is 5.42. The van der Waals surface area contributed by atoms with Crippen LogP contribution in [-0.4, -0.2) is 33.5 Å². The van der Waals surface area contributed by atoms with Crippen molar-refractivity contribution in [1.82, 2.24) is 0 Å². The largest absolute Gasteiger partial charge is 0.396 e. The number of aliphatic hydroxyl groups excluding tert-OH is 1. The standard InChI is InChI=1S/C10H23NO2S/c1-2-10(11)9-14(13)8-6-4-3-5-7-12/h10,12H,2-9,11H2,1H3. The molecule has 2 atom stereocenters. The van der Waals surface area contributed by atoms with Crippen molar-refractivity contribution >= 4 is 10.8 Å². The Morgan fingerprint density at radius 2 is 1.93 bits per heavy atom. The van der Waals surface area contributed by atoms with Crippen LogP contribution in [0, 0.1) is 0 Å². The van der Waals surface area contributed by atoms with Gasteiger partial charge in [0.1, 0.15) is 0 Å². The Morgan fingerprint density at radius 3 is 2.50 bits per heavy atom. The van der Waals surface area contributed by atoms with Crippen molar-refractivity contribution in [2.75, 3.05) is 18.1 Å². The van der Waals surface area contributed by atoms with E-state index in [2.05, 4.69) is 0 Å². The fourth-order valence-corrected chi connectivity index (χ4v) is 2.57. The monoisotopic (exact) mass is 221 g/mol. The lowest BCUT2D eigenvalue weighted by Gasteiger charge is -2.07. The van der Waals surface area contributed by atoms with Crippen LogP contribution in [0.3, 0.4) is 0 Å². The first kappa shape index (κ1) is 14.1. The third-order valence-corrected chi connectivity index (χ3v) is 3.75. The van der Waals surface area contributed by atoms with Crippen LogP contribution in [0.25, 0.3) is 0 Å². The summed E-state index contributed by atoms with van der Waals surface area (Å²) in [6.07, 6.45) is 4.85. The summed E-state index contributed by atoms with van der Waals surface area (Å²) in [5.41, 5.74) is 5.70. The number of aliphatic hydroxyl groups is 1. The molecular weight excluding hydrogens is 198 g/mol. The Morgan fingerprint density at radius 1 is 1.29 bits per heavy atom. The van der Waals surface area contributed by atoms with Crippen molar-refractivity contribution in [3.8, 4) is 0 Å². The van der Waals surface area contributed by atoms with Gasteiger partial charge in [-0.25, -0.2) is 0 Å². The van der Waals surface area contributed by atoms with Crippen molar-refractivity contribution in [3.05, 3.63) is 0 Å². The van der Waals surface area contributed by atoms with Crippen LogP contribution in [0.2, 0.25) is 0 Å². The van der Waals surface area contributed by atoms with Crippen LogP contribution in [-0.2, 0) is 10.8 Å². The molecule has 0 aromatic carbocycles. The van der Waals surface area contributed by atoms with E-state index in [0.29, 0.717) is 5.75 Å². The van der Waals surface area contributed by atoms with E-state index in [1.165, 1.54) is 0 Å². The third-order valence-electron chi connectivity index (χ3n) is 2.20. The molecule has 0 saturated carbocycles. The molecule has 0 fully saturated rings. The van der Waals surface area contributed by atoms with Crippen molar-refractivity contribution in [2.45, 2.75) is 45.1 Å². The number of hydrogen-bond donors (Lipinski definition) is 2. The molecule has 0 aromatic heterocycles. The van der Waals surface area contributed by atoms with Crippen LogP contribution in [0.15, 0.2) is 0 Å². The molecule has 0 heterocycles. The molecule has 2 unspecified atom stereocenters. The van der Waals surface area contributed by atoms with E-state index in [1.54, 1.807) is 0 Å². The maximum Gasteiger partial charge on any atom is 0.0431 e. The van der Waals surface area contributed by atoms with Crippen molar-refractivity contribution in [1.29, 1.82) is 0 Å². The molecule has 0 rings (SSSR count). The highest BCUT2D eigenvalue weighted by molar-refractivity contribution is 7.85.